The van der Waals surface area contributed by atoms with Gasteiger partial charge in [0, 0.05) is 24.0 Å². The Balaban J connectivity index is 1.61. The van der Waals surface area contributed by atoms with Crippen molar-refractivity contribution < 1.29 is 4.79 Å². The van der Waals surface area contributed by atoms with Gasteiger partial charge in [0.05, 0.1) is 11.4 Å². The smallest absolute Gasteiger partial charge is 0.246 e. The van der Waals surface area contributed by atoms with Crippen molar-refractivity contribution in [2.75, 3.05) is 23.8 Å². The van der Waals surface area contributed by atoms with Crippen LogP contribution in [0.2, 0.25) is 0 Å². The zero-order valence-electron chi connectivity index (χ0n) is 13.9. The van der Waals surface area contributed by atoms with Gasteiger partial charge in [-0.2, -0.15) is 0 Å². The van der Waals surface area contributed by atoms with E-state index in [1.54, 1.807) is 23.3 Å². The molecule has 3 rings (SSSR count). The van der Waals surface area contributed by atoms with Gasteiger partial charge < -0.3 is 10.2 Å². The number of rotatable bonds is 4. The molecule has 0 spiro atoms. The van der Waals surface area contributed by atoms with Crippen LogP contribution in [-0.4, -0.2) is 19.5 Å². The maximum absolute atomic E-state index is 12.3. The number of likely N-dealkylation sites (N-methyl/N-ethyl adjacent to an activating group) is 1. The summed E-state index contributed by atoms with van der Waals surface area (Å²) in [5, 5.41) is 5.18. The molecule has 0 radical (unpaired) electrons. The fourth-order valence-corrected chi connectivity index (χ4v) is 2.85. The fourth-order valence-electron chi connectivity index (χ4n) is 2.28. The fraction of sp³-hybridized carbons (Fsp3) is 0.0952. The number of thiophene rings is 1. The minimum atomic E-state index is 0.00118. The van der Waals surface area contributed by atoms with Crippen molar-refractivity contribution >= 4 is 28.6 Å². The molecule has 25 heavy (non-hydrogen) atoms. The Morgan fingerprint density at radius 2 is 1.88 bits per heavy atom. The highest BCUT2D eigenvalue weighted by Gasteiger charge is 2.09. The van der Waals surface area contributed by atoms with Crippen molar-refractivity contribution in [2.24, 2.45) is 0 Å². The van der Waals surface area contributed by atoms with Crippen LogP contribution in [0.5, 0.6) is 0 Å². The van der Waals surface area contributed by atoms with Crippen LogP contribution in [0.25, 0.3) is 0 Å². The maximum atomic E-state index is 12.3. The largest absolute Gasteiger partial charge is 0.376 e. The van der Waals surface area contributed by atoms with Gasteiger partial charge in [0.2, 0.25) is 5.91 Å². The van der Waals surface area contributed by atoms with Crippen molar-refractivity contribution in [3.8, 4) is 11.8 Å². The summed E-state index contributed by atoms with van der Waals surface area (Å²) in [7, 11) is 1.78. The lowest BCUT2D eigenvalue weighted by Gasteiger charge is -2.18. The number of para-hydroxylation sites is 1. The number of nitrogens with zero attached hydrogens (tertiary/aromatic N) is 1. The molecule has 0 saturated carbocycles. The molecule has 1 amide bonds. The standard InChI is InChI=1S/C21H18N2OS/c1-23(19-9-3-2-4-10-19)21(24)16-22-18-8-5-7-17(15-18)12-13-20-11-6-14-25-20/h2-11,14-15,22H,16H2,1H3. The second kappa shape index (κ2) is 8.18. The zero-order valence-corrected chi connectivity index (χ0v) is 14.7. The van der Waals surface area contributed by atoms with Gasteiger partial charge >= 0.3 is 0 Å². The maximum Gasteiger partial charge on any atom is 0.246 e. The molecule has 3 aromatic rings. The van der Waals surface area contributed by atoms with Crippen LogP contribution < -0.4 is 10.2 Å². The van der Waals surface area contributed by atoms with E-state index >= 15 is 0 Å². The summed E-state index contributed by atoms with van der Waals surface area (Å²) < 4.78 is 0. The molecule has 2 aromatic carbocycles. The lowest BCUT2D eigenvalue weighted by molar-refractivity contribution is -0.116. The zero-order chi connectivity index (χ0) is 17.5. The SMILES string of the molecule is CN(C(=O)CNc1cccc(C#Cc2cccs2)c1)c1ccccc1. The van der Waals surface area contributed by atoms with Crippen molar-refractivity contribution in [3.05, 3.63) is 82.6 Å². The van der Waals surface area contributed by atoms with E-state index in [2.05, 4.69) is 17.2 Å². The first-order valence-electron chi connectivity index (χ1n) is 7.93. The molecule has 0 aliphatic heterocycles. The van der Waals surface area contributed by atoms with Crippen LogP contribution in [0.3, 0.4) is 0 Å². The van der Waals surface area contributed by atoms with Crippen molar-refractivity contribution in [3.63, 3.8) is 0 Å². The molecule has 0 fully saturated rings. The Morgan fingerprint density at radius 1 is 1.04 bits per heavy atom. The molecule has 0 atom stereocenters. The Labute approximate surface area is 151 Å². The van der Waals surface area contributed by atoms with Gasteiger partial charge in [0.1, 0.15) is 0 Å². The summed E-state index contributed by atoms with van der Waals surface area (Å²) >= 11 is 1.62. The number of carbonyl (C=O) groups excluding carboxylic acids is 1. The van der Waals surface area contributed by atoms with Crippen molar-refractivity contribution in [2.45, 2.75) is 0 Å². The molecule has 124 valence electrons. The number of carbonyl (C=O) groups is 1. The lowest BCUT2D eigenvalue weighted by atomic mass is 10.2. The summed E-state index contributed by atoms with van der Waals surface area (Å²) in [4.78, 5) is 15.0. The summed E-state index contributed by atoms with van der Waals surface area (Å²) in [5.74, 6) is 6.29. The monoisotopic (exact) mass is 346 g/mol. The van der Waals surface area contributed by atoms with E-state index in [-0.39, 0.29) is 12.5 Å². The molecule has 1 heterocycles. The predicted octanol–water partition coefficient (Wildman–Crippen LogP) is 4.22. The van der Waals surface area contributed by atoms with Gasteiger partial charge in [-0.15, -0.1) is 11.3 Å². The third-order valence-electron chi connectivity index (χ3n) is 3.68. The van der Waals surface area contributed by atoms with Crippen LogP contribution in [0, 0.1) is 11.8 Å². The summed E-state index contributed by atoms with van der Waals surface area (Å²) in [5.41, 5.74) is 2.68. The summed E-state index contributed by atoms with van der Waals surface area (Å²) in [6.07, 6.45) is 0. The summed E-state index contributed by atoms with van der Waals surface area (Å²) in [6.45, 7) is 0.229. The first kappa shape index (κ1) is 16.8. The van der Waals surface area contributed by atoms with Crippen LogP contribution in [0.15, 0.2) is 72.1 Å². The molecule has 1 aromatic heterocycles. The first-order chi connectivity index (χ1) is 12.2. The van der Waals surface area contributed by atoms with E-state index < -0.39 is 0 Å². The van der Waals surface area contributed by atoms with Crippen molar-refractivity contribution in [1.82, 2.24) is 0 Å². The molecule has 4 heteroatoms. The highest BCUT2D eigenvalue weighted by atomic mass is 32.1. The molecule has 0 bridgehead atoms. The Kier molecular flexibility index (Phi) is 5.50. The first-order valence-corrected chi connectivity index (χ1v) is 8.81. The summed E-state index contributed by atoms with van der Waals surface area (Å²) in [6, 6.07) is 21.4. The van der Waals surface area contributed by atoms with Gasteiger partial charge in [-0.3, -0.25) is 4.79 Å². The van der Waals surface area contributed by atoms with Crippen LogP contribution in [0.1, 0.15) is 10.4 Å². The normalized spacial score (nSPS) is 9.80. The lowest BCUT2D eigenvalue weighted by Crippen LogP contribution is -2.32. The predicted molar refractivity (Wildman–Crippen MR) is 105 cm³/mol. The van der Waals surface area contributed by atoms with Gasteiger partial charge in [-0.25, -0.2) is 0 Å². The molecule has 0 saturated heterocycles. The number of nitrogens with one attached hydrogen (secondary N) is 1. The van der Waals surface area contributed by atoms with Crippen LogP contribution in [0.4, 0.5) is 11.4 Å². The number of amides is 1. The van der Waals surface area contributed by atoms with Crippen LogP contribution >= 0.6 is 11.3 Å². The van der Waals surface area contributed by atoms with E-state index in [1.807, 2.05) is 72.1 Å². The molecule has 0 unspecified atom stereocenters. The van der Waals surface area contributed by atoms with Gasteiger partial charge in [0.25, 0.3) is 0 Å². The van der Waals surface area contributed by atoms with Gasteiger partial charge in [-0.1, -0.05) is 42.2 Å². The highest BCUT2D eigenvalue weighted by molar-refractivity contribution is 7.10. The molecule has 0 aliphatic carbocycles. The Bertz CT molecular complexity index is 892. The second-order valence-electron chi connectivity index (χ2n) is 5.45. The minimum Gasteiger partial charge on any atom is -0.376 e. The van der Waals surface area contributed by atoms with E-state index in [4.69, 9.17) is 0 Å². The third kappa shape index (κ3) is 4.72. The average Bonchev–Trinajstić information content (AvgIpc) is 3.18. The van der Waals surface area contributed by atoms with Gasteiger partial charge in [-0.05, 0) is 41.8 Å². The van der Waals surface area contributed by atoms with E-state index in [1.165, 1.54) is 0 Å². The Hall–Kier alpha value is -3.03. The molecular weight excluding hydrogens is 328 g/mol. The quantitative estimate of drug-likeness (QED) is 0.717. The number of benzene rings is 2. The number of anilines is 2. The number of hydrogen-bond donors (Lipinski definition) is 1. The molecule has 1 N–H and O–H groups in total. The average molecular weight is 346 g/mol. The second-order valence-corrected chi connectivity index (χ2v) is 6.40. The minimum absolute atomic E-state index is 0.00118. The third-order valence-corrected chi connectivity index (χ3v) is 4.46. The topological polar surface area (TPSA) is 32.3 Å². The van der Waals surface area contributed by atoms with Crippen LogP contribution in [-0.2, 0) is 4.79 Å². The molecule has 3 nitrogen and oxygen atoms in total. The van der Waals surface area contributed by atoms with E-state index in [0.717, 1.165) is 21.8 Å². The van der Waals surface area contributed by atoms with E-state index in [9.17, 15) is 4.79 Å². The van der Waals surface area contributed by atoms with Gasteiger partial charge in [0.15, 0.2) is 0 Å². The molecular formula is C21H18N2OS. The Morgan fingerprint density at radius 3 is 2.64 bits per heavy atom. The molecule has 0 aliphatic rings. The number of hydrogen-bond acceptors (Lipinski definition) is 3. The van der Waals surface area contributed by atoms with Crippen molar-refractivity contribution in [1.29, 1.82) is 0 Å². The highest BCUT2D eigenvalue weighted by Crippen LogP contribution is 2.13. The van der Waals surface area contributed by atoms with E-state index in [0.29, 0.717) is 0 Å².